The van der Waals surface area contributed by atoms with Gasteiger partial charge < -0.3 is 19.8 Å². The van der Waals surface area contributed by atoms with E-state index in [9.17, 15) is 9.59 Å². The van der Waals surface area contributed by atoms with Gasteiger partial charge >= 0.3 is 5.63 Å². The van der Waals surface area contributed by atoms with Crippen molar-refractivity contribution >= 4 is 29.3 Å². The van der Waals surface area contributed by atoms with E-state index in [0.717, 1.165) is 5.39 Å². The zero-order valence-electron chi connectivity index (χ0n) is 15.2. The number of hydrogen-bond donors (Lipinski definition) is 1. The monoisotopic (exact) mass is 400 g/mol. The lowest BCUT2D eigenvalue weighted by Gasteiger charge is -2.32. The topological polar surface area (TPSA) is 85.8 Å². The first kappa shape index (κ1) is 20.1. The molecule has 28 heavy (non-hydrogen) atoms. The van der Waals surface area contributed by atoms with Crippen LogP contribution in [0.5, 0.6) is 0 Å². The van der Waals surface area contributed by atoms with Crippen molar-refractivity contribution in [2.75, 3.05) is 26.2 Å². The van der Waals surface area contributed by atoms with Gasteiger partial charge in [0.25, 0.3) is 5.91 Å². The van der Waals surface area contributed by atoms with Gasteiger partial charge in [0.2, 0.25) is 0 Å². The zero-order chi connectivity index (χ0) is 18.8. The zero-order valence-corrected chi connectivity index (χ0v) is 16.0. The molecular weight excluding hydrogens is 380 g/mol. The Bertz CT molecular complexity index is 1050. The molecule has 1 unspecified atom stereocenters. The fourth-order valence-corrected chi connectivity index (χ4v) is 3.31. The van der Waals surface area contributed by atoms with Crippen molar-refractivity contribution < 1.29 is 13.9 Å². The average Bonchev–Trinajstić information content (AvgIpc) is 2.73. The molecule has 1 atom stereocenters. The minimum Gasteiger partial charge on any atom is -0.422 e. The molecule has 7 heteroatoms. The molecule has 4 rings (SSSR count). The summed E-state index contributed by atoms with van der Waals surface area (Å²) in [6.45, 7) is 1.85. The lowest BCUT2D eigenvalue weighted by Crippen LogP contribution is -2.48. The number of morpholine rings is 1. The van der Waals surface area contributed by atoms with Crippen LogP contribution in [0.3, 0.4) is 0 Å². The summed E-state index contributed by atoms with van der Waals surface area (Å²) in [4.78, 5) is 27.0. The highest BCUT2D eigenvalue weighted by atomic mass is 35.5. The van der Waals surface area contributed by atoms with Gasteiger partial charge in [0, 0.05) is 30.6 Å². The van der Waals surface area contributed by atoms with Crippen LogP contribution < -0.4 is 11.4 Å². The third-order valence-electron chi connectivity index (χ3n) is 4.75. The summed E-state index contributed by atoms with van der Waals surface area (Å²) >= 11 is 0. The van der Waals surface area contributed by atoms with Crippen LogP contribution in [0.1, 0.15) is 10.4 Å². The van der Waals surface area contributed by atoms with Crippen LogP contribution in [0, 0.1) is 0 Å². The summed E-state index contributed by atoms with van der Waals surface area (Å²) in [5, 5.41) is 0.836. The van der Waals surface area contributed by atoms with Crippen molar-refractivity contribution in [3.63, 3.8) is 0 Å². The Morgan fingerprint density at radius 3 is 2.79 bits per heavy atom. The fraction of sp³-hybridized carbons (Fsp3) is 0.238. The van der Waals surface area contributed by atoms with Crippen LogP contribution in [0.25, 0.3) is 22.1 Å². The minimum absolute atomic E-state index is 0. The fourth-order valence-electron chi connectivity index (χ4n) is 3.31. The summed E-state index contributed by atoms with van der Waals surface area (Å²) in [6.07, 6.45) is -0.140. The molecule has 0 radical (unpaired) electrons. The van der Waals surface area contributed by atoms with Crippen LogP contribution in [0.2, 0.25) is 0 Å². The largest absolute Gasteiger partial charge is 0.422 e. The molecule has 3 aromatic rings. The Morgan fingerprint density at radius 2 is 1.96 bits per heavy atom. The molecule has 6 nitrogen and oxygen atoms in total. The third kappa shape index (κ3) is 3.94. The van der Waals surface area contributed by atoms with Gasteiger partial charge in [0.05, 0.1) is 18.3 Å². The van der Waals surface area contributed by atoms with Crippen molar-refractivity contribution in [3.05, 3.63) is 70.6 Å². The summed E-state index contributed by atoms with van der Waals surface area (Å²) in [6, 6.07) is 16.2. The van der Waals surface area contributed by atoms with Gasteiger partial charge in [-0.05, 0) is 29.8 Å². The summed E-state index contributed by atoms with van der Waals surface area (Å²) in [5.41, 5.74) is 7.39. The van der Waals surface area contributed by atoms with E-state index in [1.165, 1.54) is 0 Å². The first-order chi connectivity index (χ1) is 13.2. The minimum atomic E-state index is -0.423. The standard InChI is InChI=1S/C21H20N2O4.ClH/c22-12-17-13-23(8-9-26-17)20(24)16-6-3-5-14(10-16)18-11-15-4-1-2-7-19(15)27-21(18)25;/h1-7,10-11,17H,8-9,12-13,22H2;1H. The second-order valence-corrected chi connectivity index (χ2v) is 6.55. The number of fused-ring (bicyclic) bond motifs is 1. The Balaban J connectivity index is 0.00000225. The van der Waals surface area contributed by atoms with Gasteiger partial charge in [0.1, 0.15) is 5.58 Å². The number of para-hydroxylation sites is 1. The lowest BCUT2D eigenvalue weighted by molar-refractivity contribution is -0.0167. The second-order valence-electron chi connectivity index (χ2n) is 6.55. The van der Waals surface area contributed by atoms with Crippen molar-refractivity contribution in [1.29, 1.82) is 0 Å². The maximum atomic E-state index is 12.9. The van der Waals surface area contributed by atoms with Crippen molar-refractivity contribution in [1.82, 2.24) is 4.90 Å². The molecule has 0 bridgehead atoms. The number of carbonyl (C=O) groups is 1. The van der Waals surface area contributed by atoms with Gasteiger partial charge in [-0.15, -0.1) is 12.4 Å². The van der Waals surface area contributed by atoms with Crippen molar-refractivity contribution in [3.8, 4) is 11.1 Å². The van der Waals surface area contributed by atoms with E-state index in [-0.39, 0.29) is 24.4 Å². The molecule has 1 aliphatic rings. The second kappa shape index (κ2) is 8.56. The van der Waals surface area contributed by atoms with Gasteiger partial charge in [-0.1, -0.05) is 30.3 Å². The highest BCUT2D eigenvalue weighted by Crippen LogP contribution is 2.22. The van der Waals surface area contributed by atoms with Crippen LogP contribution in [0.4, 0.5) is 0 Å². The van der Waals surface area contributed by atoms with Gasteiger partial charge in [-0.3, -0.25) is 4.79 Å². The number of benzene rings is 2. The smallest absolute Gasteiger partial charge is 0.344 e. The van der Waals surface area contributed by atoms with Gasteiger partial charge in [-0.2, -0.15) is 0 Å². The first-order valence-electron chi connectivity index (χ1n) is 8.90. The predicted molar refractivity (Wildman–Crippen MR) is 110 cm³/mol. The molecule has 0 aliphatic carbocycles. The van der Waals surface area contributed by atoms with Crippen molar-refractivity contribution in [2.45, 2.75) is 6.10 Å². The van der Waals surface area contributed by atoms with E-state index in [2.05, 4.69) is 0 Å². The van der Waals surface area contributed by atoms with Crippen LogP contribution >= 0.6 is 12.4 Å². The highest BCUT2D eigenvalue weighted by Gasteiger charge is 2.24. The third-order valence-corrected chi connectivity index (χ3v) is 4.75. The molecule has 1 fully saturated rings. The van der Waals surface area contributed by atoms with E-state index in [1.807, 2.05) is 18.2 Å². The summed E-state index contributed by atoms with van der Waals surface area (Å²) < 4.78 is 10.9. The predicted octanol–water partition coefficient (Wildman–Crippen LogP) is 2.68. The molecule has 2 aromatic carbocycles. The van der Waals surface area contributed by atoms with Crippen LogP contribution in [0.15, 0.2) is 63.8 Å². The molecular formula is C21H21ClN2O4. The van der Waals surface area contributed by atoms with Gasteiger partial charge in [-0.25, -0.2) is 4.79 Å². The van der Waals surface area contributed by atoms with E-state index in [0.29, 0.717) is 48.5 Å². The number of rotatable bonds is 3. The molecule has 146 valence electrons. The number of ether oxygens (including phenoxy) is 1. The summed E-state index contributed by atoms with van der Waals surface area (Å²) in [5.74, 6) is -0.0937. The lowest BCUT2D eigenvalue weighted by atomic mass is 10.0. The molecule has 1 amide bonds. The van der Waals surface area contributed by atoms with Crippen LogP contribution in [-0.4, -0.2) is 43.2 Å². The number of nitrogens with zero attached hydrogens (tertiary/aromatic N) is 1. The Labute approximate surface area is 168 Å². The highest BCUT2D eigenvalue weighted by molar-refractivity contribution is 5.95. The number of nitrogens with two attached hydrogens (primary N) is 1. The number of amides is 1. The van der Waals surface area contributed by atoms with E-state index >= 15 is 0 Å². The number of halogens is 1. The quantitative estimate of drug-likeness (QED) is 0.683. The molecule has 2 heterocycles. The Morgan fingerprint density at radius 1 is 1.14 bits per heavy atom. The van der Waals surface area contributed by atoms with E-state index < -0.39 is 5.63 Å². The van der Waals surface area contributed by atoms with Crippen molar-refractivity contribution in [2.24, 2.45) is 5.73 Å². The van der Waals surface area contributed by atoms with Gasteiger partial charge in [0.15, 0.2) is 0 Å². The maximum absolute atomic E-state index is 12.9. The molecule has 1 aromatic heterocycles. The first-order valence-corrected chi connectivity index (χ1v) is 8.90. The maximum Gasteiger partial charge on any atom is 0.344 e. The number of hydrogen-bond acceptors (Lipinski definition) is 5. The molecule has 1 aliphatic heterocycles. The molecule has 0 saturated carbocycles. The Kier molecular flexibility index (Phi) is 6.14. The number of carbonyl (C=O) groups excluding carboxylic acids is 1. The van der Waals surface area contributed by atoms with E-state index in [4.69, 9.17) is 14.9 Å². The average molecular weight is 401 g/mol. The molecule has 2 N–H and O–H groups in total. The molecule has 1 saturated heterocycles. The Hall–Kier alpha value is -2.67. The van der Waals surface area contributed by atoms with Crippen LogP contribution in [-0.2, 0) is 4.74 Å². The van der Waals surface area contributed by atoms with E-state index in [1.54, 1.807) is 41.3 Å². The summed E-state index contributed by atoms with van der Waals surface area (Å²) in [7, 11) is 0. The SMILES string of the molecule is Cl.NCC1CN(C(=O)c2cccc(-c3cc4ccccc4oc3=O)c2)CCO1. The normalized spacial score (nSPS) is 16.6. The molecule has 0 spiro atoms.